The van der Waals surface area contributed by atoms with Gasteiger partial charge >= 0.3 is 0 Å². The molecule has 0 radical (unpaired) electrons. The Morgan fingerprint density at radius 3 is 2.53 bits per heavy atom. The molecule has 1 atom stereocenters. The number of hydrogen-bond donors (Lipinski definition) is 1. The Labute approximate surface area is 96.4 Å². The zero-order valence-corrected chi connectivity index (χ0v) is 10.5. The standard InChI is InChI=1S/C12H18ClNO/c1-7-5-10(15-4)11(8(2)6-14)9(3)12(7)13/h5,8H,6,14H2,1-4H3. The number of rotatable bonds is 3. The Hall–Kier alpha value is -0.730. The zero-order valence-electron chi connectivity index (χ0n) is 9.73. The highest BCUT2D eigenvalue weighted by Gasteiger charge is 2.16. The van der Waals surface area contributed by atoms with Crippen LogP contribution in [0.1, 0.15) is 29.5 Å². The maximum absolute atomic E-state index is 6.22. The van der Waals surface area contributed by atoms with Crippen LogP contribution >= 0.6 is 11.6 Å². The second kappa shape index (κ2) is 4.86. The van der Waals surface area contributed by atoms with E-state index in [2.05, 4.69) is 6.92 Å². The van der Waals surface area contributed by atoms with Gasteiger partial charge < -0.3 is 10.5 Å². The lowest BCUT2D eigenvalue weighted by molar-refractivity contribution is 0.406. The van der Waals surface area contributed by atoms with Gasteiger partial charge in [0.25, 0.3) is 0 Å². The minimum atomic E-state index is 0.262. The van der Waals surface area contributed by atoms with E-state index < -0.39 is 0 Å². The Bertz CT molecular complexity index is 363. The molecular weight excluding hydrogens is 210 g/mol. The lowest BCUT2D eigenvalue weighted by Gasteiger charge is -2.19. The molecule has 1 unspecified atom stereocenters. The number of ether oxygens (including phenoxy) is 1. The first-order valence-electron chi connectivity index (χ1n) is 5.06. The van der Waals surface area contributed by atoms with Crippen molar-refractivity contribution >= 4 is 11.6 Å². The van der Waals surface area contributed by atoms with Crippen molar-refractivity contribution in [1.82, 2.24) is 0 Å². The summed E-state index contributed by atoms with van der Waals surface area (Å²) in [4.78, 5) is 0. The van der Waals surface area contributed by atoms with Crippen LogP contribution in [0.2, 0.25) is 5.02 Å². The third-order valence-electron chi connectivity index (χ3n) is 2.76. The lowest BCUT2D eigenvalue weighted by Crippen LogP contribution is -2.12. The summed E-state index contributed by atoms with van der Waals surface area (Å²) in [6.45, 7) is 6.67. The molecule has 0 saturated heterocycles. The third kappa shape index (κ3) is 2.27. The maximum Gasteiger partial charge on any atom is 0.123 e. The van der Waals surface area contributed by atoms with Crippen LogP contribution in [0.3, 0.4) is 0 Å². The molecular formula is C12H18ClNO. The van der Waals surface area contributed by atoms with Gasteiger partial charge in [0.1, 0.15) is 5.75 Å². The molecule has 0 aromatic heterocycles. The van der Waals surface area contributed by atoms with Gasteiger partial charge in [-0.05, 0) is 43.5 Å². The average molecular weight is 228 g/mol. The Balaban J connectivity index is 3.40. The predicted octanol–water partition coefficient (Wildman–Crippen LogP) is 3.03. The van der Waals surface area contributed by atoms with E-state index in [-0.39, 0.29) is 5.92 Å². The predicted molar refractivity (Wildman–Crippen MR) is 64.9 cm³/mol. The fourth-order valence-corrected chi connectivity index (χ4v) is 1.99. The van der Waals surface area contributed by atoms with E-state index >= 15 is 0 Å². The van der Waals surface area contributed by atoms with E-state index in [1.54, 1.807) is 7.11 Å². The highest BCUT2D eigenvalue weighted by Crippen LogP contribution is 2.35. The summed E-state index contributed by atoms with van der Waals surface area (Å²) in [6.07, 6.45) is 0. The van der Waals surface area contributed by atoms with Crippen molar-refractivity contribution in [3.63, 3.8) is 0 Å². The van der Waals surface area contributed by atoms with Crippen LogP contribution in [0.4, 0.5) is 0 Å². The topological polar surface area (TPSA) is 35.2 Å². The summed E-state index contributed by atoms with van der Waals surface area (Å²) in [7, 11) is 1.68. The first-order valence-corrected chi connectivity index (χ1v) is 5.44. The van der Waals surface area contributed by atoms with Gasteiger partial charge in [-0.15, -0.1) is 0 Å². The van der Waals surface area contributed by atoms with Crippen molar-refractivity contribution in [2.24, 2.45) is 5.73 Å². The molecule has 2 nitrogen and oxygen atoms in total. The quantitative estimate of drug-likeness (QED) is 0.862. The average Bonchev–Trinajstić information content (AvgIpc) is 2.24. The number of halogens is 1. The summed E-state index contributed by atoms with van der Waals surface area (Å²) in [6, 6.07) is 1.97. The molecule has 84 valence electrons. The molecule has 1 aromatic rings. The van der Waals surface area contributed by atoms with Crippen LogP contribution in [0, 0.1) is 13.8 Å². The molecule has 0 fully saturated rings. The summed E-state index contributed by atoms with van der Waals surface area (Å²) in [5, 5.41) is 0.811. The van der Waals surface area contributed by atoms with Gasteiger partial charge in [-0.3, -0.25) is 0 Å². The first kappa shape index (κ1) is 12.3. The second-order valence-electron chi connectivity index (χ2n) is 3.89. The fourth-order valence-electron chi connectivity index (χ4n) is 1.84. The van der Waals surface area contributed by atoms with Crippen molar-refractivity contribution in [2.45, 2.75) is 26.7 Å². The molecule has 0 heterocycles. The molecule has 0 aliphatic rings. The van der Waals surface area contributed by atoms with Gasteiger partial charge in [-0.1, -0.05) is 18.5 Å². The van der Waals surface area contributed by atoms with E-state index in [1.807, 2.05) is 19.9 Å². The van der Waals surface area contributed by atoms with E-state index in [1.165, 1.54) is 0 Å². The molecule has 3 heteroatoms. The third-order valence-corrected chi connectivity index (χ3v) is 3.34. The smallest absolute Gasteiger partial charge is 0.123 e. The van der Waals surface area contributed by atoms with Gasteiger partial charge in [-0.25, -0.2) is 0 Å². The molecule has 1 rings (SSSR count). The van der Waals surface area contributed by atoms with E-state index in [0.29, 0.717) is 6.54 Å². The molecule has 2 N–H and O–H groups in total. The van der Waals surface area contributed by atoms with Gasteiger partial charge in [0.15, 0.2) is 0 Å². The van der Waals surface area contributed by atoms with Crippen LogP contribution in [0.5, 0.6) is 5.75 Å². The molecule has 0 aliphatic heterocycles. The first-order chi connectivity index (χ1) is 7.02. The zero-order chi connectivity index (χ0) is 11.6. The van der Waals surface area contributed by atoms with Crippen molar-refractivity contribution in [3.05, 3.63) is 27.8 Å². The summed E-state index contributed by atoms with van der Waals surface area (Å²) >= 11 is 6.22. The second-order valence-corrected chi connectivity index (χ2v) is 4.26. The largest absolute Gasteiger partial charge is 0.496 e. The Morgan fingerprint density at radius 1 is 1.47 bits per heavy atom. The van der Waals surface area contributed by atoms with Gasteiger partial charge in [0.2, 0.25) is 0 Å². The monoisotopic (exact) mass is 227 g/mol. The lowest BCUT2D eigenvalue weighted by atomic mass is 9.93. The Kier molecular flexibility index (Phi) is 4.00. The summed E-state index contributed by atoms with van der Waals surface area (Å²) in [5.41, 5.74) is 8.92. The van der Waals surface area contributed by atoms with E-state index in [9.17, 15) is 0 Å². The number of hydrogen-bond acceptors (Lipinski definition) is 2. The number of methoxy groups -OCH3 is 1. The van der Waals surface area contributed by atoms with E-state index in [4.69, 9.17) is 22.1 Å². The molecule has 0 bridgehead atoms. The van der Waals surface area contributed by atoms with Crippen LogP contribution in [-0.4, -0.2) is 13.7 Å². The van der Waals surface area contributed by atoms with Gasteiger partial charge in [0.05, 0.1) is 7.11 Å². The molecule has 0 amide bonds. The van der Waals surface area contributed by atoms with Crippen LogP contribution < -0.4 is 10.5 Å². The minimum absolute atomic E-state index is 0.262. The molecule has 1 aromatic carbocycles. The van der Waals surface area contributed by atoms with Gasteiger partial charge in [-0.2, -0.15) is 0 Å². The SMILES string of the molecule is COc1cc(C)c(Cl)c(C)c1C(C)CN. The number of aryl methyl sites for hydroxylation is 1. The van der Waals surface area contributed by atoms with Crippen LogP contribution in [0.15, 0.2) is 6.07 Å². The summed E-state index contributed by atoms with van der Waals surface area (Å²) < 4.78 is 5.37. The highest BCUT2D eigenvalue weighted by atomic mass is 35.5. The maximum atomic E-state index is 6.22. The fraction of sp³-hybridized carbons (Fsp3) is 0.500. The number of nitrogens with two attached hydrogens (primary N) is 1. The van der Waals surface area contributed by atoms with Crippen molar-refractivity contribution in [3.8, 4) is 5.75 Å². The molecule has 0 spiro atoms. The van der Waals surface area contributed by atoms with Crippen molar-refractivity contribution < 1.29 is 4.74 Å². The molecule has 0 saturated carbocycles. The minimum Gasteiger partial charge on any atom is -0.496 e. The Morgan fingerprint density at radius 2 is 2.07 bits per heavy atom. The van der Waals surface area contributed by atoms with Crippen LogP contribution in [0.25, 0.3) is 0 Å². The number of benzene rings is 1. The van der Waals surface area contributed by atoms with Gasteiger partial charge in [0, 0.05) is 10.6 Å². The molecule has 15 heavy (non-hydrogen) atoms. The summed E-state index contributed by atoms with van der Waals surface area (Å²) in [5.74, 6) is 1.14. The van der Waals surface area contributed by atoms with Crippen molar-refractivity contribution in [2.75, 3.05) is 13.7 Å². The van der Waals surface area contributed by atoms with E-state index in [0.717, 1.165) is 27.5 Å². The normalized spacial score (nSPS) is 12.7. The highest BCUT2D eigenvalue weighted by molar-refractivity contribution is 6.32. The van der Waals surface area contributed by atoms with Crippen LogP contribution in [-0.2, 0) is 0 Å². The van der Waals surface area contributed by atoms with Crippen molar-refractivity contribution in [1.29, 1.82) is 0 Å². The molecule has 0 aliphatic carbocycles.